The molecule has 0 atom stereocenters. The number of nitriles is 1. The molecule has 0 spiro atoms. The molecular weight excluding hydrogens is 209 g/mol. The highest BCUT2D eigenvalue weighted by Crippen LogP contribution is 2.20. The Hall–Kier alpha value is -1.60. The van der Waals surface area contributed by atoms with Gasteiger partial charge in [-0.25, -0.2) is 9.18 Å². The van der Waals surface area contributed by atoms with Gasteiger partial charge in [0.2, 0.25) is 0 Å². The van der Waals surface area contributed by atoms with Crippen LogP contribution in [0.1, 0.15) is 15.9 Å². The molecule has 0 aliphatic heterocycles. The number of ether oxygens (including phenoxy) is 1. The Labute approximate surface area is 84.7 Å². The lowest BCUT2D eigenvalue weighted by molar-refractivity contribution is 0.0600. The summed E-state index contributed by atoms with van der Waals surface area (Å²) in [6.45, 7) is 0. The van der Waals surface area contributed by atoms with Gasteiger partial charge in [-0.1, -0.05) is 11.6 Å². The molecule has 3 nitrogen and oxygen atoms in total. The van der Waals surface area contributed by atoms with Gasteiger partial charge in [0, 0.05) is 0 Å². The smallest absolute Gasteiger partial charge is 0.339 e. The number of carbonyl (C=O) groups is 1. The molecule has 1 rings (SSSR count). The summed E-state index contributed by atoms with van der Waals surface area (Å²) in [5.41, 5.74) is -0.139. The normalized spacial score (nSPS) is 9.29. The molecule has 0 N–H and O–H groups in total. The zero-order valence-corrected chi connectivity index (χ0v) is 7.93. The van der Waals surface area contributed by atoms with Gasteiger partial charge >= 0.3 is 5.97 Å². The van der Waals surface area contributed by atoms with Crippen LogP contribution in [0, 0.1) is 17.1 Å². The molecule has 0 fully saturated rings. The standard InChI is InChI=1S/C9H5ClFNO2/c1-14-9(13)6-3-7(10)8(11)2-5(6)4-12/h2-3H,1H3. The van der Waals surface area contributed by atoms with Crippen LogP contribution in [-0.2, 0) is 4.74 Å². The van der Waals surface area contributed by atoms with Crippen LogP contribution in [0.25, 0.3) is 0 Å². The van der Waals surface area contributed by atoms with Gasteiger partial charge in [-0.3, -0.25) is 0 Å². The molecule has 5 heteroatoms. The van der Waals surface area contributed by atoms with Gasteiger partial charge in [-0.05, 0) is 12.1 Å². The molecule has 1 aromatic carbocycles. The first kappa shape index (κ1) is 10.5. The first-order valence-corrected chi connectivity index (χ1v) is 3.95. The molecule has 0 saturated carbocycles. The minimum absolute atomic E-state index is 0.0404. The molecule has 0 radical (unpaired) electrons. The Morgan fingerprint density at radius 3 is 2.79 bits per heavy atom. The van der Waals surface area contributed by atoms with Crippen LogP contribution in [0.2, 0.25) is 5.02 Å². The van der Waals surface area contributed by atoms with Gasteiger partial charge in [-0.15, -0.1) is 0 Å². The van der Waals surface area contributed by atoms with E-state index in [-0.39, 0.29) is 16.1 Å². The van der Waals surface area contributed by atoms with Crippen LogP contribution in [-0.4, -0.2) is 13.1 Å². The Bertz CT molecular complexity index is 426. The molecule has 0 saturated heterocycles. The fourth-order valence-corrected chi connectivity index (χ4v) is 1.08. The maximum atomic E-state index is 12.9. The summed E-state index contributed by atoms with van der Waals surface area (Å²) in [6, 6.07) is 3.65. The second-order valence-electron chi connectivity index (χ2n) is 2.42. The molecule has 0 aliphatic carbocycles. The average Bonchev–Trinajstić information content (AvgIpc) is 2.20. The molecule has 0 amide bonds. The van der Waals surface area contributed by atoms with E-state index in [0.717, 1.165) is 12.1 Å². The van der Waals surface area contributed by atoms with Crippen molar-refractivity contribution in [3.8, 4) is 6.07 Å². The summed E-state index contributed by atoms with van der Waals surface area (Å²) < 4.78 is 17.3. The number of hydrogen-bond donors (Lipinski definition) is 0. The third kappa shape index (κ3) is 1.83. The third-order valence-electron chi connectivity index (χ3n) is 1.59. The lowest BCUT2D eigenvalue weighted by Crippen LogP contribution is -2.04. The first-order chi connectivity index (χ1) is 6.60. The van der Waals surface area contributed by atoms with E-state index in [1.54, 1.807) is 6.07 Å². The number of benzene rings is 1. The molecular formula is C9H5ClFNO2. The minimum atomic E-state index is -0.740. The van der Waals surface area contributed by atoms with Crippen molar-refractivity contribution in [2.24, 2.45) is 0 Å². The van der Waals surface area contributed by atoms with Crippen LogP contribution in [0.15, 0.2) is 12.1 Å². The fraction of sp³-hybridized carbons (Fsp3) is 0.111. The van der Waals surface area contributed by atoms with Gasteiger partial charge in [0.25, 0.3) is 0 Å². The molecule has 0 heterocycles. The van der Waals surface area contributed by atoms with E-state index in [0.29, 0.717) is 0 Å². The maximum Gasteiger partial charge on any atom is 0.339 e. The highest BCUT2D eigenvalue weighted by Gasteiger charge is 2.15. The van der Waals surface area contributed by atoms with Crippen molar-refractivity contribution in [3.63, 3.8) is 0 Å². The van der Waals surface area contributed by atoms with E-state index >= 15 is 0 Å². The lowest BCUT2D eigenvalue weighted by atomic mass is 10.1. The van der Waals surface area contributed by atoms with Gasteiger partial charge in [0.1, 0.15) is 11.9 Å². The summed E-state index contributed by atoms with van der Waals surface area (Å²) in [6.07, 6.45) is 0. The van der Waals surface area contributed by atoms with Crippen molar-refractivity contribution in [3.05, 3.63) is 34.1 Å². The van der Waals surface area contributed by atoms with Crippen molar-refractivity contribution in [2.45, 2.75) is 0 Å². The lowest BCUT2D eigenvalue weighted by Gasteiger charge is -2.02. The molecule has 0 unspecified atom stereocenters. The topological polar surface area (TPSA) is 50.1 Å². The highest BCUT2D eigenvalue weighted by atomic mass is 35.5. The summed E-state index contributed by atoms with van der Waals surface area (Å²) in [5.74, 6) is -1.46. The van der Waals surface area contributed by atoms with E-state index in [9.17, 15) is 9.18 Å². The van der Waals surface area contributed by atoms with Crippen molar-refractivity contribution < 1.29 is 13.9 Å². The number of halogens is 2. The summed E-state index contributed by atoms with van der Waals surface area (Å²) in [4.78, 5) is 11.1. The second-order valence-corrected chi connectivity index (χ2v) is 2.82. The van der Waals surface area contributed by atoms with Crippen molar-refractivity contribution in [1.29, 1.82) is 5.26 Å². The van der Waals surface area contributed by atoms with Crippen molar-refractivity contribution >= 4 is 17.6 Å². The van der Waals surface area contributed by atoms with Crippen LogP contribution in [0.5, 0.6) is 0 Å². The first-order valence-electron chi connectivity index (χ1n) is 3.57. The van der Waals surface area contributed by atoms with E-state index in [1.165, 1.54) is 7.11 Å². The zero-order chi connectivity index (χ0) is 10.7. The average molecular weight is 214 g/mol. The molecule has 0 aromatic heterocycles. The highest BCUT2D eigenvalue weighted by molar-refractivity contribution is 6.31. The summed E-state index contributed by atoms with van der Waals surface area (Å²) in [5, 5.41) is 8.39. The number of nitrogens with zero attached hydrogens (tertiary/aromatic N) is 1. The van der Waals surface area contributed by atoms with Crippen LogP contribution in [0.4, 0.5) is 4.39 Å². The fourth-order valence-electron chi connectivity index (χ4n) is 0.918. The summed E-state index contributed by atoms with van der Waals surface area (Å²) >= 11 is 5.45. The van der Waals surface area contributed by atoms with Crippen LogP contribution in [0.3, 0.4) is 0 Å². The van der Waals surface area contributed by atoms with Gasteiger partial charge in [-0.2, -0.15) is 5.26 Å². The number of hydrogen-bond acceptors (Lipinski definition) is 3. The van der Waals surface area contributed by atoms with Gasteiger partial charge in [0.15, 0.2) is 0 Å². The quantitative estimate of drug-likeness (QED) is 0.672. The Morgan fingerprint density at radius 2 is 2.29 bits per heavy atom. The molecule has 1 aromatic rings. The molecule has 72 valence electrons. The minimum Gasteiger partial charge on any atom is -0.465 e. The van der Waals surface area contributed by atoms with Gasteiger partial charge < -0.3 is 4.74 Å². The van der Waals surface area contributed by atoms with E-state index in [2.05, 4.69) is 4.74 Å². The third-order valence-corrected chi connectivity index (χ3v) is 1.88. The Morgan fingerprint density at radius 1 is 1.64 bits per heavy atom. The maximum absolute atomic E-state index is 12.9. The molecule has 14 heavy (non-hydrogen) atoms. The predicted octanol–water partition coefficient (Wildman–Crippen LogP) is 2.14. The number of esters is 1. The van der Waals surface area contributed by atoms with Crippen molar-refractivity contribution in [2.75, 3.05) is 7.11 Å². The van der Waals surface area contributed by atoms with Crippen LogP contribution < -0.4 is 0 Å². The number of methoxy groups -OCH3 is 1. The van der Waals surface area contributed by atoms with E-state index < -0.39 is 11.8 Å². The van der Waals surface area contributed by atoms with Crippen molar-refractivity contribution in [1.82, 2.24) is 0 Å². The largest absolute Gasteiger partial charge is 0.465 e. The van der Waals surface area contributed by atoms with Gasteiger partial charge in [0.05, 0.1) is 23.3 Å². The Kier molecular flexibility index (Phi) is 3.05. The number of rotatable bonds is 1. The van der Waals surface area contributed by atoms with E-state index in [1.807, 2.05) is 0 Å². The molecule has 0 bridgehead atoms. The predicted molar refractivity (Wildman–Crippen MR) is 47.5 cm³/mol. The molecule has 0 aliphatic rings. The SMILES string of the molecule is COC(=O)c1cc(Cl)c(F)cc1C#N. The summed E-state index contributed by atoms with van der Waals surface area (Å²) in [7, 11) is 1.17. The second kappa shape index (κ2) is 4.07. The zero-order valence-electron chi connectivity index (χ0n) is 7.17. The van der Waals surface area contributed by atoms with E-state index in [4.69, 9.17) is 16.9 Å². The monoisotopic (exact) mass is 213 g/mol. The number of carbonyl (C=O) groups excluding carboxylic acids is 1. The van der Waals surface area contributed by atoms with Crippen LogP contribution >= 0.6 is 11.6 Å². The Balaban J connectivity index is 3.36.